The third-order valence-corrected chi connectivity index (χ3v) is 3.33. The zero-order valence-electron chi connectivity index (χ0n) is 11.9. The summed E-state index contributed by atoms with van der Waals surface area (Å²) in [7, 11) is 1.54. The van der Waals surface area contributed by atoms with Gasteiger partial charge in [-0.25, -0.2) is 0 Å². The van der Waals surface area contributed by atoms with Crippen molar-refractivity contribution in [1.82, 2.24) is 0 Å². The molecule has 0 aliphatic carbocycles. The fourth-order valence-corrected chi connectivity index (χ4v) is 2.12. The number of amides is 1. The molecule has 0 aliphatic heterocycles. The van der Waals surface area contributed by atoms with Crippen LogP contribution in [0.3, 0.4) is 0 Å². The number of nitriles is 1. The van der Waals surface area contributed by atoms with Gasteiger partial charge in [-0.05, 0) is 48.2 Å². The van der Waals surface area contributed by atoms with Gasteiger partial charge in [-0.1, -0.05) is 12.1 Å². The fraction of sp³-hybridized carbons (Fsp3) is 0.125. The van der Waals surface area contributed by atoms with Crippen LogP contribution in [0.15, 0.2) is 53.4 Å². The predicted molar refractivity (Wildman–Crippen MR) is 85.0 cm³/mol. The first-order valence-electron chi connectivity index (χ1n) is 6.44. The average molecular weight is 314 g/mol. The molecule has 112 valence electrons. The van der Waals surface area contributed by atoms with Crippen molar-refractivity contribution in [1.29, 1.82) is 5.26 Å². The molecule has 0 aromatic heterocycles. The number of thioether (sulfide) groups is 1. The van der Waals surface area contributed by atoms with Crippen LogP contribution in [0.4, 0.5) is 5.69 Å². The van der Waals surface area contributed by atoms with Gasteiger partial charge in [-0.2, -0.15) is 5.26 Å². The van der Waals surface area contributed by atoms with Gasteiger partial charge in [0.05, 0.1) is 7.11 Å². The first kappa shape index (κ1) is 15.7. The zero-order valence-corrected chi connectivity index (χ0v) is 12.7. The Morgan fingerprint density at radius 2 is 1.86 bits per heavy atom. The number of hydrogen-bond acceptors (Lipinski definition) is 5. The maximum Gasteiger partial charge on any atom is 0.262 e. The highest BCUT2D eigenvalue weighted by molar-refractivity contribution is 8.03. The Balaban J connectivity index is 1.89. The second-order valence-electron chi connectivity index (χ2n) is 4.21. The van der Waals surface area contributed by atoms with E-state index in [-0.39, 0.29) is 12.5 Å². The first-order chi connectivity index (χ1) is 10.7. The van der Waals surface area contributed by atoms with Crippen LogP contribution in [0, 0.1) is 10.7 Å². The second kappa shape index (κ2) is 7.96. The van der Waals surface area contributed by atoms with Gasteiger partial charge in [0.15, 0.2) is 18.1 Å². The summed E-state index contributed by atoms with van der Waals surface area (Å²) in [4.78, 5) is 12.7. The van der Waals surface area contributed by atoms with E-state index >= 15 is 0 Å². The maximum atomic E-state index is 11.9. The summed E-state index contributed by atoms with van der Waals surface area (Å²) in [6.07, 6.45) is 0. The number of benzene rings is 2. The Morgan fingerprint density at radius 1 is 1.18 bits per heavy atom. The van der Waals surface area contributed by atoms with Crippen molar-refractivity contribution in [3.8, 4) is 16.9 Å². The van der Waals surface area contributed by atoms with Crippen LogP contribution in [0.5, 0.6) is 11.5 Å². The number of rotatable bonds is 6. The second-order valence-corrected chi connectivity index (χ2v) is 5.06. The molecule has 2 rings (SSSR count). The minimum Gasteiger partial charge on any atom is -0.493 e. The van der Waals surface area contributed by atoms with E-state index in [0.717, 1.165) is 16.7 Å². The Bertz CT molecular complexity index is 681. The molecule has 0 spiro atoms. The summed E-state index contributed by atoms with van der Waals surface area (Å²) in [5.41, 5.74) is 0.649. The van der Waals surface area contributed by atoms with Crippen molar-refractivity contribution >= 4 is 23.4 Å². The molecule has 0 radical (unpaired) electrons. The molecular formula is C16H14N2O3S. The van der Waals surface area contributed by atoms with Crippen molar-refractivity contribution in [3.05, 3.63) is 48.5 Å². The van der Waals surface area contributed by atoms with Gasteiger partial charge in [0, 0.05) is 10.6 Å². The van der Waals surface area contributed by atoms with E-state index in [0.29, 0.717) is 17.2 Å². The highest BCUT2D eigenvalue weighted by Gasteiger charge is 2.07. The summed E-state index contributed by atoms with van der Waals surface area (Å²) < 4.78 is 10.6. The van der Waals surface area contributed by atoms with Gasteiger partial charge < -0.3 is 14.8 Å². The van der Waals surface area contributed by atoms with Gasteiger partial charge >= 0.3 is 0 Å². The highest BCUT2D eigenvalue weighted by atomic mass is 32.2. The minimum absolute atomic E-state index is 0.116. The molecule has 0 bridgehead atoms. The lowest BCUT2D eigenvalue weighted by Gasteiger charge is -2.10. The van der Waals surface area contributed by atoms with Crippen LogP contribution in [0.2, 0.25) is 0 Å². The third-order valence-electron chi connectivity index (χ3n) is 2.73. The first-order valence-corrected chi connectivity index (χ1v) is 7.26. The number of methoxy groups -OCH3 is 1. The highest BCUT2D eigenvalue weighted by Crippen LogP contribution is 2.25. The number of para-hydroxylation sites is 2. The molecule has 0 unspecified atom stereocenters. The number of hydrogen-bond donors (Lipinski definition) is 1. The van der Waals surface area contributed by atoms with Crippen LogP contribution in [0.25, 0.3) is 0 Å². The average Bonchev–Trinajstić information content (AvgIpc) is 2.55. The van der Waals surface area contributed by atoms with Crippen molar-refractivity contribution in [2.45, 2.75) is 4.90 Å². The molecule has 5 nitrogen and oxygen atoms in total. The molecule has 2 aromatic carbocycles. The number of thiocyanates is 1. The zero-order chi connectivity index (χ0) is 15.8. The van der Waals surface area contributed by atoms with Crippen LogP contribution in [0.1, 0.15) is 0 Å². The monoisotopic (exact) mass is 314 g/mol. The van der Waals surface area contributed by atoms with E-state index < -0.39 is 0 Å². The summed E-state index contributed by atoms with van der Waals surface area (Å²) >= 11 is 1.07. The van der Waals surface area contributed by atoms with Crippen LogP contribution in [-0.4, -0.2) is 19.6 Å². The number of anilines is 1. The van der Waals surface area contributed by atoms with Crippen LogP contribution < -0.4 is 14.8 Å². The lowest BCUT2D eigenvalue weighted by Crippen LogP contribution is -2.20. The van der Waals surface area contributed by atoms with E-state index in [2.05, 4.69) is 5.32 Å². The lowest BCUT2D eigenvalue weighted by atomic mass is 10.3. The molecular weight excluding hydrogens is 300 g/mol. The Morgan fingerprint density at radius 3 is 2.50 bits per heavy atom. The Labute approximate surface area is 132 Å². The molecule has 0 aliphatic rings. The molecule has 1 N–H and O–H groups in total. The number of nitrogens with one attached hydrogen (secondary N) is 1. The largest absolute Gasteiger partial charge is 0.493 e. The molecule has 22 heavy (non-hydrogen) atoms. The predicted octanol–water partition coefficient (Wildman–Crippen LogP) is 3.29. The van der Waals surface area contributed by atoms with Crippen LogP contribution in [-0.2, 0) is 4.79 Å². The summed E-state index contributed by atoms with van der Waals surface area (Å²) in [5.74, 6) is 0.820. The molecule has 1 amide bonds. The molecule has 0 fully saturated rings. The quantitative estimate of drug-likeness (QED) is 0.654. The lowest BCUT2D eigenvalue weighted by molar-refractivity contribution is -0.118. The number of carbonyl (C=O) groups is 1. The molecule has 0 saturated carbocycles. The van der Waals surface area contributed by atoms with E-state index in [4.69, 9.17) is 14.7 Å². The van der Waals surface area contributed by atoms with E-state index in [1.807, 2.05) is 11.5 Å². The molecule has 0 atom stereocenters. The molecule has 0 heterocycles. The topological polar surface area (TPSA) is 71.3 Å². The van der Waals surface area contributed by atoms with Gasteiger partial charge in [-0.15, -0.1) is 0 Å². The summed E-state index contributed by atoms with van der Waals surface area (Å²) in [5, 5.41) is 13.3. The van der Waals surface area contributed by atoms with Gasteiger partial charge in [0.1, 0.15) is 5.40 Å². The third kappa shape index (κ3) is 4.43. The molecule has 6 heteroatoms. The van der Waals surface area contributed by atoms with E-state index in [1.54, 1.807) is 49.6 Å². The van der Waals surface area contributed by atoms with Crippen molar-refractivity contribution in [2.75, 3.05) is 19.0 Å². The van der Waals surface area contributed by atoms with Crippen LogP contribution >= 0.6 is 11.8 Å². The summed E-state index contributed by atoms with van der Waals surface area (Å²) in [6, 6.07) is 14.1. The Kier molecular flexibility index (Phi) is 5.69. The maximum absolute atomic E-state index is 11.9. The fourth-order valence-electron chi connectivity index (χ4n) is 1.74. The normalized spacial score (nSPS) is 9.64. The van der Waals surface area contributed by atoms with Crippen molar-refractivity contribution in [3.63, 3.8) is 0 Å². The Hall–Kier alpha value is -2.65. The number of carbonyl (C=O) groups excluding carboxylic acids is 1. The summed E-state index contributed by atoms with van der Waals surface area (Å²) in [6.45, 7) is -0.116. The SMILES string of the molecule is COc1ccccc1OCC(=O)Nc1ccc(SC#N)cc1. The van der Waals surface area contributed by atoms with E-state index in [9.17, 15) is 4.79 Å². The minimum atomic E-state index is -0.272. The van der Waals surface area contributed by atoms with E-state index in [1.165, 1.54) is 0 Å². The van der Waals surface area contributed by atoms with Crippen molar-refractivity contribution in [2.24, 2.45) is 0 Å². The molecule has 2 aromatic rings. The van der Waals surface area contributed by atoms with Gasteiger partial charge in [-0.3, -0.25) is 4.79 Å². The molecule has 0 saturated heterocycles. The van der Waals surface area contributed by atoms with Crippen molar-refractivity contribution < 1.29 is 14.3 Å². The number of nitrogens with zero attached hydrogens (tertiary/aromatic N) is 1. The van der Waals surface area contributed by atoms with Gasteiger partial charge in [0.2, 0.25) is 0 Å². The smallest absolute Gasteiger partial charge is 0.262 e. The van der Waals surface area contributed by atoms with Gasteiger partial charge in [0.25, 0.3) is 5.91 Å². The number of ether oxygens (including phenoxy) is 2. The standard InChI is InChI=1S/C16H14N2O3S/c1-20-14-4-2-3-5-15(14)21-10-16(19)18-12-6-8-13(9-7-12)22-11-17/h2-9H,10H2,1H3,(H,18,19).